The lowest BCUT2D eigenvalue weighted by Gasteiger charge is -2.01. The average Bonchev–Trinajstić information content (AvgIpc) is 3.20. The molecule has 8 nitrogen and oxygen atoms in total. The molecule has 3 aromatic rings. The molecular formula is C12H9BrN6O2S. The summed E-state index contributed by atoms with van der Waals surface area (Å²) >= 11 is 4.96. The summed E-state index contributed by atoms with van der Waals surface area (Å²) in [6.07, 6.45) is 5.20. The van der Waals surface area contributed by atoms with Crippen LogP contribution in [0, 0.1) is 0 Å². The zero-order chi connectivity index (χ0) is 15.1. The minimum Gasteiger partial charge on any atom is -0.454 e. The van der Waals surface area contributed by atoms with Crippen molar-refractivity contribution in [2.45, 2.75) is 5.16 Å². The molecule has 0 N–H and O–H groups in total. The lowest BCUT2D eigenvalue weighted by atomic mass is 10.2. The number of nitrogens with zero attached hydrogens (tertiary/aromatic N) is 6. The van der Waals surface area contributed by atoms with Gasteiger partial charge in [0, 0.05) is 10.0 Å². The quantitative estimate of drug-likeness (QED) is 0.510. The third-order valence-electron chi connectivity index (χ3n) is 3.07. The number of hydrogen-bond acceptors (Lipinski definition) is 7. The second-order valence-corrected chi connectivity index (χ2v) is 5.97. The number of benzene rings is 1. The highest BCUT2D eigenvalue weighted by molar-refractivity contribution is 9.10. The summed E-state index contributed by atoms with van der Waals surface area (Å²) < 4.78 is 14.7. The summed E-state index contributed by atoms with van der Waals surface area (Å²) in [7, 11) is 0. The second-order valence-electron chi connectivity index (χ2n) is 4.35. The molecule has 22 heavy (non-hydrogen) atoms. The summed E-state index contributed by atoms with van der Waals surface area (Å²) in [5.74, 6) is 1.97. The summed E-state index contributed by atoms with van der Waals surface area (Å²) in [6, 6.07) is 3.72. The van der Waals surface area contributed by atoms with E-state index in [1.165, 1.54) is 11.8 Å². The van der Waals surface area contributed by atoms with Crippen LogP contribution in [0.5, 0.6) is 11.5 Å². The van der Waals surface area contributed by atoms with E-state index in [4.69, 9.17) is 9.47 Å². The molecule has 0 saturated heterocycles. The highest BCUT2D eigenvalue weighted by Crippen LogP contribution is 2.36. The van der Waals surface area contributed by atoms with Gasteiger partial charge in [-0.1, -0.05) is 11.8 Å². The first-order valence-corrected chi connectivity index (χ1v) is 8.24. The standard InChI is InChI=1S/C12H9BrN6O2S/c1-22-12-17-16-11-18(5-15-19(11)12)14-4-7-2-9-10(3-8(7)13)21-6-20-9/h2-5H,6H2,1H3/b14-4+. The molecule has 1 aliphatic heterocycles. The Labute approximate surface area is 137 Å². The van der Waals surface area contributed by atoms with Crippen molar-refractivity contribution < 1.29 is 9.47 Å². The van der Waals surface area contributed by atoms with Gasteiger partial charge in [-0.05, 0) is 34.3 Å². The van der Waals surface area contributed by atoms with Crippen LogP contribution < -0.4 is 9.47 Å². The molecule has 10 heteroatoms. The minimum atomic E-state index is 0.238. The van der Waals surface area contributed by atoms with Gasteiger partial charge in [-0.2, -0.15) is 19.4 Å². The van der Waals surface area contributed by atoms with E-state index in [0.717, 1.165) is 15.8 Å². The van der Waals surface area contributed by atoms with Crippen LogP contribution in [-0.4, -0.2) is 43.8 Å². The number of hydrogen-bond donors (Lipinski definition) is 0. The molecule has 0 fully saturated rings. The summed E-state index contributed by atoms with van der Waals surface area (Å²) in [6.45, 7) is 0.238. The lowest BCUT2D eigenvalue weighted by Crippen LogP contribution is -1.93. The smallest absolute Gasteiger partial charge is 0.275 e. The fourth-order valence-electron chi connectivity index (χ4n) is 2.02. The van der Waals surface area contributed by atoms with Gasteiger partial charge in [0.05, 0.1) is 6.21 Å². The van der Waals surface area contributed by atoms with Crippen LogP contribution in [0.15, 0.2) is 33.2 Å². The monoisotopic (exact) mass is 380 g/mol. The van der Waals surface area contributed by atoms with Gasteiger partial charge in [-0.3, -0.25) is 0 Å². The van der Waals surface area contributed by atoms with E-state index in [0.29, 0.717) is 16.7 Å². The molecule has 0 radical (unpaired) electrons. The van der Waals surface area contributed by atoms with Crippen molar-refractivity contribution in [3.8, 4) is 11.5 Å². The number of ether oxygens (including phenoxy) is 2. The molecule has 2 aromatic heterocycles. The molecule has 112 valence electrons. The van der Waals surface area contributed by atoms with E-state index in [9.17, 15) is 0 Å². The van der Waals surface area contributed by atoms with Gasteiger partial charge in [0.2, 0.25) is 11.9 Å². The third kappa shape index (κ3) is 2.15. The van der Waals surface area contributed by atoms with Crippen molar-refractivity contribution in [3.63, 3.8) is 0 Å². The molecular weight excluding hydrogens is 372 g/mol. The van der Waals surface area contributed by atoms with Crippen molar-refractivity contribution in [1.82, 2.24) is 24.5 Å². The molecule has 1 aromatic carbocycles. The fraction of sp³-hybridized carbons (Fsp3) is 0.167. The van der Waals surface area contributed by atoms with E-state index in [1.54, 1.807) is 21.7 Å². The van der Waals surface area contributed by atoms with Gasteiger partial charge >= 0.3 is 0 Å². The molecule has 0 unspecified atom stereocenters. The molecule has 0 amide bonds. The molecule has 1 aliphatic rings. The normalized spacial score (nSPS) is 13.5. The highest BCUT2D eigenvalue weighted by atomic mass is 79.9. The van der Waals surface area contributed by atoms with Crippen molar-refractivity contribution >= 4 is 39.7 Å². The number of aromatic nitrogens is 5. The van der Waals surface area contributed by atoms with E-state index < -0.39 is 0 Å². The first kappa shape index (κ1) is 13.6. The molecule has 4 rings (SSSR count). The maximum atomic E-state index is 5.37. The zero-order valence-electron chi connectivity index (χ0n) is 11.3. The number of fused-ring (bicyclic) bond motifs is 2. The molecule has 0 spiro atoms. The maximum Gasteiger partial charge on any atom is 0.275 e. The molecule has 0 saturated carbocycles. The van der Waals surface area contributed by atoms with E-state index >= 15 is 0 Å². The van der Waals surface area contributed by atoms with Crippen LogP contribution in [0.2, 0.25) is 0 Å². The van der Waals surface area contributed by atoms with Crippen molar-refractivity contribution in [2.24, 2.45) is 5.10 Å². The molecule has 0 aliphatic carbocycles. The van der Waals surface area contributed by atoms with Gasteiger partial charge in [0.25, 0.3) is 5.78 Å². The zero-order valence-corrected chi connectivity index (χ0v) is 13.7. The number of rotatable bonds is 3. The molecule has 3 heterocycles. The predicted octanol–water partition coefficient (Wildman–Crippen LogP) is 2.02. The first-order chi connectivity index (χ1) is 10.8. The Kier molecular flexibility index (Phi) is 3.26. The second kappa shape index (κ2) is 5.29. The van der Waals surface area contributed by atoms with E-state index in [1.807, 2.05) is 18.4 Å². The maximum absolute atomic E-state index is 5.37. The van der Waals surface area contributed by atoms with Crippen LogP contribution in [0.25, 0.3) is 5.78 Å². The largest absolute Gasteiger partial charge is 0.454 e. The van der Waals surface area contributed by atoms with Crippen LogP contribution in [-0.2, 0) is 0 Å². The van der Waals surface area contributed by atoms with E-state index in [2.05, 4.69) is 36.3 Å². The van der Waals surface area contributed by atoms with Crippen LogP contribution in [0.3, 0.4) is 0 Å². The van der Waals surface area contributed by atoms with Gasteiger partial charge in [0.1, 0.15) is 6.33 Å². The Morgan fingerprint density at radius 2 is 2.14 bits per heavy atom. The van der Waals surface area contributed by atoms with Gasteiger partial charge in [-0.15, -0.1) is 10.2 Å². The summed E-state index contributed by atoms with van der Waals surface area (Å²) in [4.78, 5) is 0. The fourth-order valence-corrected chi connectivity index (χ4v) is 2.87. The number of halogens is 1. The highest BCUT2D eigenvalue weighted by Gasteiger charge is 2.16. The van der Waals surface area contributed by atoms with Crippen molar-refractivity contribution in [2.75, 3.05) is 13.0 Å². The Hall–Kier alpha value is -2.07. The third-order valence-corrected chi connectivity index (χ3v) is 4.38. The van der Waals surface area contributed by atoms with Crippen LogP contribution in [0.4, 0.5) is 0 Å². The Bertz CT molecular complexity index is 889. The molecule has 0 atom stereocenters. The van der Waals surface area contributed by atoms with E-state index in [-0.39, 0.29) is 6.79 Å². The Balaban J connectivity index is 1.70. The van der Waals surface area contributed by atoms with Crippen molar-refractivity contribution in [3.05, 3.63) is 28.5 Å². The lowest BCUT2D eigenvalue weighted by molar-refractivity contribution is 0.174. The van der Waals surface area contributed by atoms with Gasteiger partial charge < -0.3 is 9.47 Å². The van der Waals surface area contributed by atoms with Crippen LogP contribution >= 0.6 is 27.7 Å². The summed E-state index contributed by atoms with van der Waals surface area (Å²) in [5.41, 5.74) is 0.862. The summed E-state index contributed by atoms with van der Waals surface area (Å²) in [5, 5.41) is 17.4. The SMILES string of the molecule is CSc1nnc2n(/N=C/c3cc4c(cc3Br)OCO4)cnn12. The average molecular weight is 381 g/mol. The van der Waals surface area contributed by atoms with Gasteiger partial charge in [-0.25, -0.2) is 0 Å². The first-order valence-electron chi connectivity index (χ1n) is 6.22. The molecule has 0 bridgehead atoms. The van der Waals surface area contributed by atoms with Crippen LogP contribution in [0.1, 0.15) is 5.56 Å². The Morgan fingerprint density at radius 1 is 1.32 bits per heavy atom. The van der Waals surface area contributed by atoms with Crippen molar-refractivity contribution in [1.29, 1.82) is 0 Å². The topological polar surface area (TPSA) is 78.8 Å². The predicted molar refractivity (Wildman–Crippen MR) is 83.8 cm³/mol. The number of thioether (sulfide) groups is 1. The van der Waals surface area contributed by atoms with Gasteiger partial charge in [0.15, 0.2) is 11.5 Å². The minimum absolute atomic E-state index is 0.238. The Morgan fingerprint density at radius 3 is 2.95 bits per heavy atom.